The number of fused-ring (bicyclic) bond motifs is 1. The second-order valence-corrected chi connectivity index (χ2v) is 8.81. The van der Waals surface area contributed by atoms with Gasteiger partial charge in [-0.2, -0.15) is 0 Å². The van der Waals surface area contributed by atoms with Crippen LogP contribution in [0.15, 0.2) is 35.7 Å². The first-order valence-corrected chi connectivity index (χ1v) is 11.3. The van der Waals surface area contributed by atoms with Crippen LogP contribution in [-0.2, 0) is 11.2 Å². The molecule has 1 aromatic heterocycles. The highest BCUT2D eigenvalue weighted by atomic mass is 32.1. The molecule has 0 bridgehead atoms. The lowest BCUT2D eigenvalue weighted by Crippen LogP contribution is -2.47. The molecule has 3 rings (SSSR count). The zero-order chi connectivity index (χ0) is 20.8. The van der Waals surface area contributed by atoms with Crippen molar-refractivity contribution in [1.82, 2.24) is 9.80 Å². The highest BCUT2D eigenvalue weighted by Crippen LogP contribution is 2.34. The van der Waals surface area contributed by atoms with Gasteiger partial charge in [-0.25, -0.2) is 0 Å². The third kappa shape index (κ3) is 5.59. The molecular weight excluding hydrogens is 384 g/mol. The molecule has 1 amide bonds. The number of benzene rings is 1. The van der Waals surface area contributed by atoms with Gasteiger partial charge in [-0.05, 0) is 61.9 Å². The van der Waals surface area contributed by atoms with E-state index in [1.807, 2.05) is 36.1 Å². The molecule has 6 heteroatoms. The number of ether oxygens (including phenoxy) is 1. The number of amides is 1. The lowest BCUT2D eigenvalue weighted by Gasteiger charge is -2.37. The Hall–Kier alpha value is -1.89. The molecule has 1 N–H and O–H groups in total. The first-order valence-electron chi connectivity index (χ1n) is 10.4. The lowest BCUT2D eigenvalue weighted by atomic mass is 10.00. The van der Waals surface area contributed by atoms with Crippen molar-refractivity contribution in [3.63, 3.8) is 0 Å². The minimum atomic E-state index is -0.445. The van der Waals surface area contributed by atoms with Crippen LogP contribution in [0.2, 0.25) is 0 Å². The van der Waals surface area contributed by atoms with E-state index in [0.717, 1.165) is 30.7 Å². The number of nitrogens with zero attached hydrogens (tertiary/aromatic N) is 2. The van der Waals surface area contributed by atoms with E-state index in [1.54, 1.807) is 18.3 Å². The van der Waals surface area contributed by atoms with Crippen molar-refractivity contribution in [3.8, 4) is 5.75 Å². The number of aliphatic hydroxyl groups excluding tert-OH is 1. The summed E-state index contributed by atoms with van der Waals surface area (Å²) in [5.74, 6) is 0.971. The van der Waals surface area contributed by atoms with E-state index < -0.39 is 6.10 Å². The zero-order valence-corrected chi connectivity index (χ0v) is 18.5. The van der Waals surface area contributed by atoms with Crippen molar-refractivity contribution in [2.24, 2.45) is 0 Å². The van der Waals surface area contributed by atoms with Gasteiger partial charge >= 0.3 is 0 Å². The van der Waals surface area contributed by atoms with E-state index >= 15 is 0 Å². The van der Waals surface area contributed by atoms with E-state index in [2.05, 4.69) is 23.3 Å². The standard InChI is InChI=1S/C23H32N2O3S/c1-4-11-24(14-18(3)26)15-23(27)25-12-9-22-19(10-13-29-22)20(25)16-28-21-8-6-5-7-17(21)2/h5-8,10,13,18,20,26H,4,9,11-12,14-16H2,1-3H3. The van der Waals surface area contributed by atoms with Crippen LogP contribution >= 0.6 is 11.3 Å². The predicted octanol–water partition coefficient (Wildman–Crippen LogP) is 3.65. The van der Waals surface area contributed by atoms with Crippen molar-refractivity contribution in [3.05, 3.63) is 51.7 Å². The summed E-state index contributed by atoms with van der Waals surface area (Å²) in [5, 5.41) is 11.9. The molecule has 2 heterocycles. The van der Waals surface area contributed by atoms with E-state index in [0.29, 0.717) is 26.2 Å². The molecule has 0 fully saturated rings. The van der Waals surface area contributed by atoms with Gasteiger partial charge in [0.25, 0.3) is 0 Å². The summed E-state index contributed by atoms with van der Waals surface area (Å²) in [4.78, 5) is 18.6. The fourth-order valence-electron chi connectivity index (χ4n) is 3.97. The maximum absolute atomic E-state index is 13.2. The van der Waals surface area contributed by atoms with E-state index in [1.165, 1.54) is 10.4 Å². The Morgan fingerprint density at radius 2 is 2.17 bits per heavy atom. The molecule has 1 aromatic carbocycles. The second-order valence-electron chi connectivity index (χ2n) is 7.81. The summed E-state index contributed by atoms with van der Waals surface area (Å²) in [5.41, 5.74) is 2.30. The second kappa shape index (κ2) is 10.2. The largest absolute Gasteiger partial charge is 0.491 e. The molecule has 5 nitrogen and oxygen atoms in total. The number of carbonyl (C=O) groups is 1. The number of aryl methyl sites for hydroxylation is 1. The zero-order valence-electron chi connectivity index (χ0n) is 17.6. The maximum atomic E-state index is 13.2. The molecule has 158 valence electrons. The van der Waals surface area contributed by atoms with Crippen LogP contribution in [0.5, 0.6) is 5.75 Å². The molecule has 0 aliphatic carbocycles. The summed E-state index contributed by atoms with van der Waals surface area (Å²) in [6, 6.07) is 10.0. The van der Waals surface area contributed by atoms with Gasteiger partial charge in [-0.3, -0.25) is 9.69 Å². The average Bonchev–Trinajstić information content (AvgIpc) is 3.15. The number of aliphatic hydroxyl groups is 1. The fraction of sp³-hybridized carbons (Fsp3) is 0.522. The van der Waals surface area contributed by atoms with Crippen molar-refractivity contribution < 1.29 is 14.6 Å². The molecule has 2 aromatic rings. The normalized spacial score (nSPS) is 17.3. The van der Waals surface area contributed by atoms with E-state index in [-0.39, 0.29) is 11.9 Å². The van der Waals surface area contributed by atoms with Crippen LogP contribution in [-0.4, -0.2) is 59.7 Å². The average molecular weight is 417 g/mol. The molecule has 0 saturated heterocycles. The smallest absolute Gasteiger partial charge is 0.237 e. The quantitative estimate of drug-likeness (QED) is 0.678. The fourth-order valence-corrected chi connectivity index (χ4v) is 4.90. The third-order valence-electron chi connectivity index (χ3n) is 5.33. The molecular formula is C23H32N2O3S. The number of thiophene rings is 1. The maximum Gasteiger partial charge on any atom is 0.237 e. The van der Waals surface area contributed by atoms with Gasteiger partial charge in [0, 0.05) is 18.0 Å². The molecule has 2 unspecified atom stereocenters. The van der Waals surface area contributed by atoms with E-state index in [9.17, 15) is 9.90 Å². The van der Waals surface area contributed by atoms with Crippen molar-refractivity contribution in [1.29, 1.82) is 0 Å². The number of rotatable bonds is 9. The van der Waals surface area contributed by atoms with Gasteiger partial charge in [0.1, 0.15) is 12.4 Å². The highest BCUT2D eigenvalue weighted by Gasteiger charge is 2.33. The van der Waals surface area contributed by atoms with Crippen molar-refractivity contribution in [2.45, 2.75) is 45.8 Å². The van der Waals surface area contributed by atoms with Crippen LogP contribution < -0.4 is 4.74 Å². The molecule has 1 aliphatic heterocycles. The van der Waals surface area contributed by atoms with Crippen LogP contribution in [0.25, 0.3) is 0 Å². The van der Waals surface area contributed by atoms with Gasteiger partial charge < -0.3 is 14.7 Å². The first kappa shape index (κ1) is 21.8. The Labute approximate surface area is 177 Å². The predicted molar refractivity (Wildman–Crippen MR) is 118 cm³/mol. The third-order valence-corrected chi connectivity index (χ3v) is 6.32. The van der Waals surface area contributed by atoms with Crippen molar-refractivity contribution in [2.75, 3.05) is 32.8 Å². The molecule has 0 spiro atoms. The minimum absolute atomic E-state index is 0.0767. The van der Waals surface area contributed by atoms with Gasteiger partial charge in [0.05, 0.1) is 18.7 Å². The van der Waals surface area contributed by atoms with Gasteiger partial charge in [0.15, 0.2) is 0 Å². The van der Waals surface area contributed by atoms with E-state index in [4.69, 9.17) is 4.74 Å². The Balaban J connectivity index is 1.75. The summed E-state index contributed by atoms with van der Waals surface area (Å²) < 4.78 is 6.16. The number of carbonyl (C=O) groups excluding carboxylic acids is 1. The van der Waals surface area contributed by atoms with Crippen molar-refractivity contribution >= 4 is 17.2 Å². The van der Waals surface area contributed by atoms with Crippen LogP contribution in [0.1, 0.15) is 42.3 Å². The van der Waals surface area contributed by atoms with Crippen LogP contribution in [0.4, 0.5) is 0 Å². The summed E-state index contributed by atoms with van der Waals surface area (Å²) >= 11 is 1.76. The molecule has 2 atom stereocenters. The minimum Gasteiger partial charge on any atom is -0.491 e. The Bertz CT molecular complexity index is 805. The van der Waals surface area contributed by atoms with Crippen LogP contribution in [0.3, 0.4) is 0 Å². The Morgan fingerprint density at radius 3 is 2.90 bits per heavy atom. The monoisotopic (exact) mass is 416 g/mol. The number of para-hydroxylation sites is 1. The Kier molecular flexibility index (Phi) is 7.70. The Morgan fingerprint density at radius 1 is 1.38 bits per heavy atom. The molecule has 1 aliphatic rings. The SMILES string of the molecule is CCCN(CC(=O)N1CCc2sccc2C1COc1ccccc1C)CC(C)O. The molecule has 0 saturated carbocycles. The topological polar surface area (TPSA) is 53.0 Å². The molecule has 29 heavy (non-hydrogen) atoms. The summed E-state index contributed by atoms with van der Waals surface area (Å²) in [6.45, 7) is 8.71. The summed E-state index contributed by atoms with van der Waals surface area (Å²) in [6.07, 6.45) is 1.40. The van der Waals surface area contributed by atoms with Crippen LogP contribution in [0, 0.1) is 6.92 Å². The van der Waals surface area contributed by atoms with Gasteiger partial charge in [0.2, 0.25) is 5.91 Å². The lowest BCUT2D eigenvalue weighted by molar-refractivity contribution is -0.136. The summed E-state index contributed by atoms with van der Waals surface area (Å²) in [7, 11) is 0. The molecule has 0 radical (unpaired) electrons. The number of hydrogen-bond donors (Lipinski definition) is 1. The number of hydrogen-bond acceptors (Lipinski definition) is 5. The highest BCUT2D eigenvalue weighted by molar-refractivity contribution is 7.10. The van der Waals surface area contributed by atoms with Gasteiger partial charge in [-0.1, -0.05) is 25.1 Å². The van der Waals surface area contributed by atoms with Gasteiger partial charge in [-0.15, -0.1) is 11.3 Å². The first-order chi connectivity index (χ1) is 14.0.